The third-order valence-corrected chi connectivity index (χ3v) is 5.43. The molecule has 250 valence electrons. The van der Waals surface area contributed by atoms with Crippen LogP contribution in [0.2, 0.25) is 0 Å². The molecule has 0 fully saturated rings. The smallest absolute Gasteiger partial charge is 0.333 e. The summed E-state index contributed by atoms with van der Waals surface area (Å²) < 4.78 is 20.7. The molecule has 13 nitrogen and oxygen atoms in total. The van der Waals surface area contributed by atoms with Crippen LogP contribution < -0.4 is 0 Å². The third kappa shape index (κ3) is 19.5. The van der Waals surface area contributed by atoms with Crippen LogP contribution in [0.25, 0.3) is 0 Å². The van der Waals surface area contributed by atoms with Gasteiger partial charge in [-0.2, -0.15) is 0 Å². The molecule has 0 amide bonds. The van der Waals surface area contributed by atoms with Crippen molar-refractivity contribution in [2.24, 2.45) is 10.8 Å². The zero-order valence-electron chi connectivity index (χ0n) is 26.0. The quantitative estimate of drug-likeness (QED) is 0.0769. The van der Waals surface area contributed by atoms with Crippen molar-refractivity contribution in [2.45, 2.75) is 34.6 Å². The van der Waals surface area contributed by atoms with Crippen molar-refractivity contribution in [3.05, 3.63) is 60.8 Å². The second-order valence-electron chi connectivity index (χ2n) is 10.1. The Labute approximate surface area is 263 Å². The highest BCUT2D eigenvalue weighted by atomic mass is 35.5. The van der Waals surface area contributed by atoms with Gasteiger partial charge in [-0.1, -0.05) is 32.9 Å². The van der Waals surface area contributed by atoms with Crippen molar-refractivity contribution in [3.8, 4) is 0 Å². The Balaban J connectivity index is -0.000000913. The Morgan fingerprint density at radius 2 is 0.659 bits per heavy atom. The van der Waals surface area contributed by atoms with E-state index >= 15 is 0 Å². The molecule has 0 aromatic carbocycles. The average Bonchev–Trinajstić information content (AvgIpc) is 2.97. The van der Waals surface area contributed by atoms with E-state index in [0.717, 1.165) is 0 Å². The molecule has 0 aliphatic rings. The summed E-state index contributed by atoms with van der Waals surface area (Å²) in [5.74, 6) is -2.84. The summed E-state index contributed by atoms with van der Waals surface area (Å²) in [4.78, 5) is 57.2. The first kappa shape index (κ1) is 44.8. The molecule has 0 aromatic heterocycles. The summed E-state index contributed by atoms with van der Waals surface area (Å²) in [5, 5.41) is 33.5. The van der Waals surface area contributed by atoms with Gasteiger partial charge in [0.05, 0.1) is 31.8 Å². The Morgan fingerprint density at radius 1 is 0.477 bits per heavy atom. The Hall–Kier alpha value is -3.62. The van der Waals surface area contributed by atoms with E-state index in [1.54, 1.807) is 6.92 Å². The van der Waals surface area contributed by atoms with Crippen molar-refractivity contribution < 1.29 is 63.3 Å². The minimum Gasteiger partial charge on any atom is -0.461 e. The molecule has 0 saturated heterocycles. The van der Waals surface area contributed by atoms with Crippen LogP contribution in [0.4, 0.5) is 0 Å². The maximum absolute atomic E-state index is 11.8. The molecule has 0 aliphatic heterocycles. The Bertz CT molecular complexity index is 916. The van der Waals surface area contributed by atoms with E-state index in [-0.39, 0.29) is 48.7 Å². The summed E-state index contributed by atoms with van der Waals surface area (Å²) >= 11 is 4.87. The largest absolute Gasteiger partial charge is 0.461 e. The van der Waals surface area contributed by atoms with Crippen molar-refractivity contribution in [1.29, 1.82) is 0 Å². The zero-order chi connectivity index (χ0) is 35.3. The number of halogens is 1. The molecule has 0 rings (SSSR count). The summed E-state index contributed by atoms with van der Waals surface area (Å²) in [6.07, 6.45) is 0. The maximum atomic E-state index is 11.8. The number of carbonyl (C=O) groups is 5. The topological polar surface area (TPSA) is 203 Å². The van der Waals surface area contributed by atoms with Gasteiger partial charge in [-0.3, -0.25) is 4.79 Å². The molecule has 0 heterocycles. The first-order chi connectivity index (χ1) is 20.2. The predicted octanol–water partition coefficient (Wildman–Crippen LogP) is 1.72. The molecule has 0 atom stereocenters. The van der Waals surface area contributed by atoms with Gasteiger partial charge < -0.3 is 39.4 Å². The molecule has 0 aromatic rings. The lowest BCUT2D eigenvalue weighted by Gasteiger charge is -2.31. The molecule has 44 heavy (non-hydrogen) atoms. The van der Waals surface area contributed by atoms with Crippen LogP contribution in [-0.4, -0.2) is 102 Å². The van der Waals surface area contributed by atoms with Gasteiger partial charge in [0, 0.05) is 27.9 Å². The molecular formula is C30H45ClO13. The van der Waals surface area contributed by atoms with Gasteiger partial charge in [-0.25, -0.2) is 19.2 Å². The zero-order valence-corrected chi connectivity index (χ0v) is 26.8. The van der Waals surface area contributed by atoms with E-state index in [1.807, 2.05) is 0 Å². The van der Waals surface area contributed by atoms with Crippen LogP contribution in [0.1, 0.15) is 34.6 Å². The molecule has 0 radical (unpaired) electrons. The van der Waals surface area contributed by atoms with E-state index in [2.05, 4.69) is 32.9 Å². The predicted molar refractivity (Wildman–Crippen MR) is 162 cm³/mol. The number of aliphatic hydroxyl groups is 4. The fourth-order valence-corrected chi connectivity index (χ4v) is 1.92. The minimum absolute atomic E-state index is 0.135. The summed E-state index contributed by atoms with van der Waals surface area (Å²) in [6.45, 7) is 21.4. The van der Waals surface area contributed by atoms with E-state index in [1.165, 1.54) is 27.7 Å². The standard InChI is InChI=1S/C21H28O8.C5H12O4.C4H5ClO/c1-13(2)17(22)26-9-21(10-27-18(23)14(3)4,11-28-19(24)15(5)6)12-29-20(25)16(7)8;6-1-5(2-7,3-8)4-9;1-3(2)4(5)6/h1,3,5,7,9-12H2,2,4,6,8H3;6-9H,1-4H2;1H2,2H3. The molecule has 0 unspecified atom stereocenters. The number of hydrogen-bond acceptors (Lipinski definition) is 13. The molecule has 4 N–H and O–H groups in total. The highest BCUT2D eigenvalue weighted by Gasteiger charge is 2.38. The highest BCUT2D eigenvalue weighted by molar-refractivity contribution is 6.67. The summed E-state index contributed by atoms with van der Waals surface area (Å²) in [5.41, 5.74) is -1.55. The third-order valence-electron chi connectivity index (χ3n) is 5.11. The fraction of sp³-hybridized carbons (Fsp3) is 0.500. The molecule has 0 bridgehead atoms. The van der Waals surface area contributed by atoms with Gasteiger partial charge in [0.15, 0.2) is 0 Å². The number of aliphatic hydroxyl groups excluding tert-OH is 4. The van der Waals surface area contributed by atoms with E-state index in [4.69, 9.17) is 51.0 Å². The lowest BCUT2D eigenvalue weighted by atomic mass is 9.92. The van der Waals surface area contributed by atoms with E-state index < -0.39 is 66.4 Å². The summed E-state index contributed by atoms with van der Waals surface area (Å²) in [6, 6.07) is 0. The van der Waals surface area contributed by atoms with Crippen LogP contribution in [0.5, 0.6) is 0 Å². The summed E-state index contributed by atoms with van der Waals surface area (Å²) in [7, 11) is 0. The second-order valence-corrected chi connectivity index (χ2v) is 10.5. The van der Waals surface area contributed by atoms with Gasteiger partial charge in [0.1, 0.15) is 31.8 Å². The normalized spacial score (nSPS) is 10.3. The molecule has 0 aliphatic carbocycles. The minimum atomic E-state index is -1.37. The average molecular weight is 649 g/mol. The molecule has 14 heteroatoms. The van der Waals surface area contributed by atoms with Crippen molar-refractivity contribution >= 4 is 40.7 Å². The van der Waals surface area contributed by atoms with Crippen LogP contribution in [0.3, 0.4) is 0 Å². The molecule has 0 spiro atoms. The number of hydrogen-bond donors (Lipinski definition) is 4. The monoisotopic (exact) mass is 648 g/mol. The number of allylic oxidation sites excluding steroid dienone is 1. The van der Waals surface area contributed by atoms with E-state index in [0.29, 0.717) is 5.57 Å². The van der Waals surface area contributed by atoms with Crippen LogP contribution in [0.15, 0.2) is 60.8 Å². The van der Waals surface area contributed by atoms with Crippen LogP contribution >= 0.6 is 11.6 Å². The number of esters is 4. The van der Waals surface area contributed by atoms with Gasteiger partial charge in [-0.05, 0) is 46.2 Å². The van der Waals surface area contributed by atoms with Crippen molar-refractivity contribution in [2.75, 3.05) is 52.9 Å². The van der Waals surface area contributed by atoms with Crippen molar-refractivity contribution in [1.82, 2.24) is 0 Å². The Morgan fingerprint density at radius 3 is 0.750 bits per heavy atom. The number of rotatable bonds is 17. The first-order valence-electron chi connectivity index (χ1n) is 12.8. The van der Waals surface area contributed by atoms with Gasteiger partial charge >= 0.3 is 23.9 Å². The molecular weight excluding hydrogens is 604 g/mol. The maximum Gasteiger partial charge on any atom is 0.333 e. The van der Waals surface area contributed by atoms with Gasteiger partial charge in [0.25, 0.3) is 0 Å². The first-order valence-corrected chi connectivity index (χ1v) is 13.2. The number of carbonyl (C=O) groups excluding carboxylic acids is 5. The van der Waals surface area contributed by atoms with Crippen LogP contribution in [0, 0.1) is 10.8 Å². The lowest BCUT2D eigenvalue weighted by Crippen LogP contribution is -2.44. The van der Waals surface area contributed by atoms with E-state index in [9.17, 15) is 24.0 Å². The van der Waals surface area contributed by atoms with Gasteiger partial charge in [-0.15, -0.1) is 0 Å². The van der Waals surface area contributed by atoms with Crippen LogP contribution in [-0.2, 0) is 42.9 Å². The number of ether oxygens (including phenoxy) is 4. The lowest BCUT2D eigenvalue weighted by molar-refractivity contribution is -0.165. The molecule has 0 saturated carbocycles. The second kappa shape index (κ2) is 22.9. The highest BCUT2D eigenvalue weighted by Crippen LogP contribution is 2.23. The van der Waals surface area contributed by atoms with Gasteiger partial charge in [0.2, 0.25) is 5.24 Å². The Kier molecular flexibility index (Phi) is 23.3. The van der Waals surface area contributed by atoms with Crippen molar-refractivity contribution in [3.63, 3.8) is 0 Å². The SMILES string of the molecule is C=C(C)C(=O)Cl.C=C(C)C(=O)OCC(COC(=O)C(=C)C)(COC(=O)C(=C)C)COC(=O)C(=C)C.OCC(CO)(CO)CO. The fourth-order valence-electron chi connectivity index (χ4n) is 1.92.